The monoisotopic (exact) mass is 647 g/mol. The minimum Gasteiger partial charge on any atom is -0.364 e. The number of amides is 1. The van der Waals surface area contributed by atoms with Gasteiger partial charge in [-0.05, 0) is 42.3 Å². The van der Waals surface area contributed by atoms with Crippen LogP contribution in [-0.2, 0) is 4.79 Å². The highest BCUT2D eigenvalue weighted by Crippen LogP contribution is 2.41. The Morgan fingerprint density at radius 2 is 1.44 bits per heavy atom. The lowest BCUT2D eigenvalue weighted by atomic mass is 9.97. The van der Waals surface area contributed by atoms with E-state index in [0.29, 0.717) is 15.6 Å². The molecule has 198 valence electrons. The van der Waals surface area contributed by atoms with E-state index in [1.165, 1.54) is 13.0 Å². The number of alkyl halides is 8. The molecule has 0 heterocycles. The standard InChI is InChI=1S/C18H11BrCl3F3O.C3H2F5NO/c1-9(26)12-4-2-10(6-14(12)19)3-5-13(18(23,24)25)11-7-15(20)17(22)16(21)8-11;4-2(5,1(9)10)3(6,7)8/h2-8,13H,1H3;(H2,9,10)/b5-3+;. The fourth-order valence-electron chi connectivity index (χ4n) is 2.43. The van der Waals surface area contributed by atoms with Crippen LogP contribution in [0.3, 0.4) is 0 Å². The third kappa shape index (κ3) is 8.32. The fraction of sp³-hybridized carbons (Fsp3) is 0.238. The number of Topliss-reactive ketones (excluding diaryl/α,β-unsaturated/α-hetero) is 1. The second-order valence-corrected chi connectivity index (χ2v) is 8.96. The van der Waals surface area contributed by atoms with Gasteiger partial charge in [0.1, 0.15) is 0 Å². The highest BCUT2D eigenvalue weighted by molar-refractivity contribution is 9.10. The van der Waals surface area contributed by atoms with E-state index >= 15 is 0 Å². The van der Waals surface area contributed by atoms with Crippen LogP contribution in [0.5, 0.6) is 0 Å². The van der Waals surface area contributed by atoms with Crippen LogP contribution in [0.1, 0.15) is 34.3 Å². The van der Waals surface area contributed by atoms with Crippen molar-refractivity contribution < 1.29 is 44.7 Å². The number of benzene rings is 2. The molecule has 2 rings (SSSR count). The van der Waals surface area contributed by atoms with E-state index < -0.39 is 30.1 Å². The largest absolute Gasteiger partial charge is 0.463 e. The maximum atomic E-state index is 13.5. The number of primary amides is 1. The Hall–Kier alpha value is -1.89. The molecule has 0 radical (unpaired) electrons. The van der Waals surface area contributed by atoms with Crippen LogP contribution in [0.15, 0.2) is 40.9 Å². The first-order chi connectivity index (χ1) is 16.2. The van der Waals surface area contributed by atoms with Gasteiger partial charge in [-0.2, -0.15) is 35.1 Å². The summed E-state index contributed by atoms with van der Waals surface area (Å²) in [6.45, 7) is 1.41. The molecule has 1 amide bonds. The van der Waals surface area contributed by atoms with Gasteiger partial charge in [0, 0.05) is 10.0 Å². The normalized spacial score (nSPS) is 13.2. The Morgan fingerprint density at radius 3 is 1.78 bits per heavy atom. The van der Waals surface area contributed by atoms with E-state index in [1.54, 1.807) is 18.2 Å². The molecule has 0 aliphatic heterocycles. The molecule has 3 nitrogen and oxygen atoms in total. The van der Waals surface area contributed by atoms with Gasteiger partial charge in [-0.15, -0.1) is 0 Å². The quantitative estimate of drug-likeness (QED) is 0.200. The first kappa shape index (κ1) is 32.1. The second-order valence-electron chi connectivity index (χ2n) is 6.91. The Balaban J connectivity index is 0.000000548. The zero-order chi connectivity index (χ0) is 28.2. The van der Waals surface area contributed by atoms with E-state index in [0.717, 1.165) is 18.2 Å². The molecule has 1 unspecified atom stereocenters. The maximum absolute atomic E-state index is 13.5. The molecule has 0 aliphatic carbocycles. The molecule has 0 fully saturated rings. The van der Waals surface area contributed by atoms with Crippen LogP contribution in [0, 0.1) is 0 Å². The van der Waals surface area contributed by atoms with Crippen molar-refractivity contribution in [3.63, 3.8) is 0 Å². The van der Waals surface area contributed by atoms with Crippen molar-refractivity contribution in [3.8, 4) is 0 Å². The molecule has 2 aromatic carbocycles. The van der Waals surface area contributed by atoms with Gasteiger partial charge < -0.3 is 5.73 Å². The first-order valence-corrected chi connectivity index (χ1v) is 11.1. The molecule has 0 saturated heterocycles. The fourth-order valence-corrected chi connectivity index (χ4v) is 3.72. The Bertz CT molecular complexity index is 1140. The minimum atomic E-state index is -5.89. The molecule has 2 aromatic rings. The lowest BCUT2D eigenvalue weighted by Gasteiger charge is -2.18. The Morgan fingerprint density at radius 1 is 0.944 bits per heavy atom. The van der Waals surface area contributed by atoms with E-state index in [1.807, 2.05) is 0 Å². The van der Waals surface area contributed by atoms with Gasteiger partial charge in [-0.3, -0.25) is 9.59 Å². The van der Waals surface area contributed by atoms with Crippen LogP contribution in [0.25, 0.3) is 6.08 Å². The third-order valence-corrected chi connectivity index (χ3v) is 6.09. The zero-order valence-electron chi connectivity index (χ0n) is 17.5. The van der Waals surface area contributed by atoms with E-state index in [2.05, 4.69) is 21.7 Å². The topological polar surface area (TPSA) is 60.2 Å². The zero-order valence-corrected chi connectivity index (χ0v) is 21.4. The summed E-state index contributed by atoms with van der Waals surface area (Å²) in [6.07, 6.45) is -8.11. The van der Waals surface area contributed by atoms with Crippen LogP contribution in [0.2, 0.25) is 15.1 Å². The number of nitrogens with two attached hydrogens (primary N) is 1. The molecule has 0 spiro atoms. The number of halogens is 12. The van der Waals surface area contributed by atoms with Crippen molar-refractivity contribution in [2.75, 3.05) is 0 Å². The van der Waals surface area contributed by atoms with Crippen molar-refractivity contribution in [1.29, 1.82) is 0 Å². The van der Waals surface area contributed by atoms with Gasteiger partial charge >= 0.3 is 18.3 Å². The number of carbonyl (C=O) groups is 2. The number of hydrogen-bond donors (Lipinski definition) is 1. The van der Waals surface area contributed by atoms with E-state index in [-0.39, 0.29) is 26.4 Å². The molecule has 0 saturated carbocycles. The lowest BCUT2D eigenvalue weighted by Crippen LogP contribution is -2.47. The number of ketones is 1. The second kappa shape index (κ2) is 12.1. The van der Waals surface area contributed by atoms with Crippen LogP contribution in [0.4, 0.5) is 35.1 Å². The molecular weight excluding hydrogens is 636 g/mol. The molecule has 0 bridgehead atoms. The average Bonchev–Trinajstić information content (AvgIpc) is 2.70. The summed E-state index contributed by atoms with van der Waals surface area (Å²) in [6, 6.07) is 6.97. The van der Waals surface area contributed by atoms with Crippen molar-refractivity contribution in [2.45, 2.75) is 31.1 Å². The Labute approximate surface area is 222 Å². The molecule has 0 aliphatic rings. The van der Waals surface area contributed by atoms with Crippen LogP contribution in [-0.4, -0.2) is 30.0 Å². The van der Waals surface area contributed by atoms with Gasteiger partial charge in [-0.25, -0.2) is 0 Å². The molecule has 0 aromatic heterocycles. The summed E-state index contributed by atoms with van der Waals surface area (Å²) >= 11 is 20.7. The van der Waals surface area contributed by atoms with Gasteiger partial charge in [-0.1, -0.05) is 69.0 Å². The predicted octanol–water partition coefficient (Wildman–Crippen LogP) is 8.64. The van der Waals surface area contributed by atoms with Gasteiger partial charge in [0.05, 0.1) is 21.0 Å². The Kier molecular flexibility index (Phi) is 10.8. The molecular formula is C21H13BrCl3F8NO2. The number of hydrogen-bond acceptors (Lipinski definition) is 2. The lowest BCUT2D eigenvalue weighted by molar-refractivity contribution is -0.268. The summed E-state index contributed by atoms with van der Waals surface area (Å²) in [5.74, 6) is -10.2. The average molecular weight is 650 g/mol. The van der Waals surface area contributed by atoms with Crippen molar-refractivity contribution in [2.24, 2.45) is 5.73 Å². The molecule has 36 heavy (non-hydrogen) atoms. The van der Waals surface area contributed by atoms with Gasteiger partial charge in [0.15, 0.2) is 5.78 Å². The van der Waals surface area contributed by atoms with Crippen LogP contribution < -0.4 is 5.73 Å². The summed E-state index contributed by atoms with van der Waals surface area (Å²) in [5.41, 5.74) is 4.58. The molecule has 15 heteroatoms. The summed E-state index contributed by atoms with van der Waals surface area (Å²) in [7, 11) is 0. The third-order valence-electron chi connectivity index (χ3n) is 4.24. The maximum Gasteiger partial charge on any atom is 0.463 e. The van der Waals surface area contributed by atoms with Crippen molar-refractivity contribution in [3.05, 3.63) is 72.6 Å². The summed E-state index contributed by atoms with van der Waals surface area (Å²) in [4.78, 5) is 20.8. The van der Waals surface area contributed by atoms with E-state index in [4.69, 9.17) is 34.8 Å². The van der Waals surface area contributed by atoms with Crippen molar-refractivity contribution in [1.82, 2.24) is 0 Å². The van der Waals surface area contributed by atoms with Crippen molar-refractivity contribution >= 4 is 68.5 Å². The highest BCUT2D eigenvalue weighted by atomic mass is 79.9. The summed E-state index contributed by atoms with van der Waals surface area (Å²) in [5, 5.41) is -0.0958. The molecule has 2 N–H and O–H groups in total. The van der Waals surface area contributed by atoms with Gasteiger partial charge in [0.2, 0.25) is 0 Å². The minimum absolute atomic E-state index is 0.00531. The number of rotatable bonds is 5. The molecule has 1 atom stereocenters. The van der Waals surface area contributed by atoms with E-state index in [9.17, 15) is 44.7 Å². The van der Waals surface area contributed by atoms with Gasteiger partial charge in [0.25, 0.3) is 5.91 Å². The first-order valence-electron chi connectivity index (χ1n) is 9.14. The number of allylic oxidation sites excluding steroid dienone is 1. The SMILES string of the molecule is CC(=O)c1ccc(/C=C/C(c2cc(Cl)c(Cl)c(Cl)c2)C(F)(F)F)cc1Br.NC(=O)C(F)(F)C(F)(F)F. The highest BCUT2D eigenvalue weighted by Gasteiger charge is 2.62. The summed E-state index contributed by atoms with van der Waals surface area (Å²) < 4.78 is 97.0. The van der Waals surface area contributed by atoms with Crippen LogP contribution >= 0.6 is 50.7 Å². The predicted molar refractivity (Wildman–Crippen MR) is 124 cm³/mol. The smallest absolute Gasteiger partial charge is 0.364 e. The number of carbonyl (C=O) groups excluding carboxylic acids is 2.